The number of nitrogens with zero attached hydrogens (tertiary/aromatic N) is 8. The van der Waals surface area contributed by atoms with E-state index in [9.17, 15) is 0 Å². The first kappa shape index (κ1) is 67.4. The SMILES string of the molecule is CCc1ccc2c(n1)oc1c(-c3cc(C(C)C)c(C)c[n+]3C)c(C)ccc12.Cc1cc(-c2c(C)ccc3c2oc2nc(C(C)C)ccc23)[n+](C)cc1C(C)C.[2H]C([2H])([2H])C([2H])(C)c1c[n+](C)c(-c2c(C)ccc3c2oc2nc(C(C)C)ccc23)cc1C.[2H]C([2H])([2H])C([2H])(C)c1c[n+](C)c(-c2c(C)ccc3c2oc2nc(CC)ccc23)cc1C. The summed E-state index contributed by atoms with van der Waals surface area (Å²) in [4.78, 5) is 18.9. The number of aromatic nitrogens is 8. The Bertz CT molecular complexity index is 6630. The molecule has 0 N–H and O–H groups in total. The van der Waals surface area contributed by atoms with Gasteiger partial charge < -0.3 is 17.7 Å². The van der Waals surface area contributed by atoms with Gasteiger partial charge in [0.2, 0.25) is 45.6 Å². The van der Waals surface area contributed by atoms with Crippen molar-refractivity contribution < 1.29 is 46.9 Å². The van der Waals surface area contributed by atoms with E-state index in [2.05, 4.69) is 235 Å². The average molecular weight is 1470 g/mol. The van der Waals surface area contributed by atoms with Gasteiger partial charge in [0.05, 0.1) is 22.3 Å². The Labute approximate surface area is 661 Å². The fraction of sp³-hybridized carbons (Fsp3) is 0.347. The Kier molecular flexibility index (Phi) is 19.0. The number of benzene rings is 4. The van der Waals surface area contributed by atoms with E-state index < -0.39 is 25.5 Å². The van der Waals surface area contributed by atoms with Crippen molar-refractivity contribution >= 4 is 88.3 Å². The Morgan fingerprint density at radius 1 is 0.309 bits per heavy atom. The van der Waals surface area contributed by atoms with E-state index in [4.69, 9.17) is 43.6 Å². The van der Waals surface area contributed by atoms with Crippen molar-refractivity contribution in [1.82, 2.24) is 19.9 Å². The van der Waals surface area contributed by atoms with Crippen molar-refractivity contribution in [2.45, 2.75) is 200 Å². The van der Waals surface area contributed by atoms with E-state index in [1.165, 1.54) is 58.6 Å². The summed E-state index contributed by atoms with van der Waals surface area (Å²) < 4.78 is 97.4. The van der Waals surface area contributed by atoms with Crippen LogP contribution >= 0.6 is 0 Å². The first-order valence-electron chi connectivity index (χ1n) is 42.8. The molecular formula is C98H112N8O4+4. The van der Waals surface area contributed by atoms with Gasteiger partial charge in [0.25, 0.3) is 0 Å². The fourth-order valence-corrected chi connectivity index (χ4v) is 15.8. The van der Waals surface area contributed by atoms with Gasteiger partial charge in [-0.3, -0.25) is 0 Å². The fourth-order valence-electron chi connectivity index (χ4n) is 15.8. The summed E-state index contributed by atoms with van der Waals surface area (Å²) in [7, 11) is 7.99. The van der Waals surface area contributed by atoms with Crippen molar-refractivity contribution in [2.24, 2.45) is 28.2 Å². The lowest BCUT2D eigenvalue weighted by atomic mass is 9.94. The number of furan rings is 4. The number of aryl methyl sites for hydroxylation is 14. The zero-order chi connectivity index (χ0) is 85.8. The molecule has 12 nitrogen and oxygen atoms in total. The predicted octanol–water partition coefficient (Wildman–Crippen LogP) is 24.2. The second kappa shape index (κ2) is 31.0. The lowest BCUT2D eigenvalue weighted by Gasteiger charge is -2.12. The topological polar surface area (TPSA) is 120 Å². The van der Waals surface area contributed by atoms with Crippen LogP contribution in [0.2, 0.25) is 0 Å². The second-order valence-electron chi connectivity index (χ2n) is 31.6. The molecule has 0 aliphatic heterocycles. The van der Waals surface area contributed by atoms with E-state index in [-0.39, 0.29) is 0 Å². The van der Waals surface area contributed by atoms with Crippen LogP contribution in [0.1, 0.15) is 233 Å². The number of rotatable bonds is 12. The largest absolute Gasteiger partial charge is 0.437 e. The molecule has 0 bridgehead atoms. The predicted molar refractivity (Wildman–Crippen MR) is 454 cm³/mol. The summed E-state index contributed by atoms with van der Waals surface area (Å²) in [5.74, 6) is -1.74. The van der Waals surface area contributed by atoms with Crippen LogP contribution in [-0.4, -0.2) is 19.9 Å². The highest BCUT2D eigenvalue weighted by Crippen LogP contribution is 2.43. The molecule has 2 atom stereocenters. The van der Waals surface area contributed by atoms with Gasteiger partial charge in [-0.1, -0.05) is 145 Å². The van der Waals surface area contributed by atoms with Crippen LogP contribution in [0, 0.1) is 55.4 Å². The van der Waals surface area contributed by atoms with Crippen LogP contribution in [0.25, 0.3) is 133 Å². The van der Waals surface area contributed by atoms with Gasteiger partial charge in [-0.2, -0.15) is 0 Å². The van der Waals surface area contributed by atoms with Gasteiger partial charge >= 0.3 is 0 Å². The number of pyridine rings is 8. The van der Waals surface area contributed by atoms with Crippen LogP contribution < -0.4 is 18.3 Å². The molecule has 0 amide bonds. The van der Waals surface area contributed by atoms with Gasteiger partial charge in [0.15, 0.2) is 47.1 Å². The maximum Gasteiger partial charge on any atom is 0.227 e. The number of hydrogen-bond acceptors (Lipinski definition) is 8. The molecule has 0 saturated heterocycles. The normalized spacial score (nSPS) is 14.3. The summed E-state index contributed by atoms with van der Waals surface area (Å²) in [5, 5.41) is 8.38. The Morgan fingerprint density at radius 3 is 0.900 bits per heavy atom. The Hall–Kier alpha value is -10.7. The molecule has 0 aliphatic rings. The molecule has 4 aromatic carbocycles. The molecule has 110 heavy (non-hydrogen) atoms. The summed E-state index contributed by atoms with van der Waals surface area (Å²) in [6.45, 7) is 36.2. The molecule has 564 valence electrons. The standard InChI is InChI=1S/2C25H29N2O.2C24H27N2O/c2*1-14(2)20-13-27(7)22(12-17(20)6)23-16(5)8-9-18-19-10-11-21(15(3)4)26-25(19)28-24(18)23;1-7-17-9-11-19-18-10-8-15(4)22(23(18)27-24(19)25-17)21-12-20(14(2)3)16(5)13-26(21)6;1-7-17-9-11-19-18-10-8-15(4)22(23(18)27-24(19)25-17)21-12-16(5)20(14(2)3)13-26(21)6/h2*8-15H,1-7H3;2*8-14H,7H2,1-6H3/q4*+1/i1D3,14D;;;2D3,14D. The van der Waals surface area contributed by atoms with Crippen LogP contribution in [-0.2, 0) is 41.0 Å². The van der Waals surface area contributed by atoms with Gasteiger partial charge in [0, 0.05) is 123 Å². The third-order valence-corrected chi connectivity index (χ3v) is 22.0. The average Bonchev–Trinajstić information content (AvgIpc) is 1.52. The molecule has 0 saturated carbocycles. The minimum Gasteiger partial charge on any atom is -0.437 e. The van der Waals surface area contributed by atoms with Crippen LogP contribution in [0.5, 0.6) is 0 Å². The van der Waals surface area contributed by atoms with E-state index in [0.29, 0.717) is 46.2 Å². The molecule has 12 heterocycles. The molecule has 0 spiro atoms. The van der Waals surface area contributed by atoms with Crippen molar-refractivity contribution in [1.29, 1.82) is 0 Å². The third-order valence-electron chi connectivity index (χ3n) is 22.0. The molecule has 12 aromatic heterocycles. The third kappa shape index (κ3) is 14.5. The molecule has 16 rings (SSSR count). The first-order valence-corrected chi connectivity index (χ1v) is 38.8. The van der Waals surface area contributed by atoms with Crippen LogP contribution in [0.15, 0.2) is 164 Å². The van der Waals surface area contributed by atoms with Gasteiger partial charge in [-0.05, 0) is 197 Å². The highest BCUT2D eigenvalue weighted by atomic mass is 16.4. The lowest BCUT2D eigenvalue weighted by molar-refractivity contribution is -0.661. The quantitative estimate of drug-likeness (QED) is 0.111. The number of fused-ring (bicyclic) bond motifs is 12. The van der Waals surface area contributed by atoms with Crippen molar-refractivity contribution in [3.63, 3.8) is 0 Å². The van der Waals surface area contributed by atoms with Crippen molar-refractivity contribution in [2.75, 3.05) is 0 Å². The van der Waals surface area contributed by atoms with Gasteiger partial charge in [-0.25, -0.2) is 38.2 Å². The Balaban J connectivity index is 0.000000137. The van der Waals surface area contributed by atoms with Crippen LogP contribution in [0.3, 0.4) is 0 Å². The molecule has 12 heteroatoms. The maximum atomic E-state index is 8.53. The lowest BCUT2D eigenvalue weighted by Crippen LogP contribution is -2.32. The maximum absolute atomic E-state index is 8.53. The second-order valence-corrected chi connectivity index (χ2v) is 31.6. The molecule has 0 fully saturated rings. The smallest absolute Gasteiger partial charge is 0.227 e. The van der Waals surface area contributed by atoms with Crippen LogP contribution in [0.4, 0.5) is 0 Å². The molecule has 2 unspecified atom stereocenters. The number of hydrogen-bond donors (Lipinski definition) is 0. The minimum atomic E-state index is -2.43. The Morgan fingerprint density at radius 2 is 0.591 bits per heavy atom. The summed E-state index contributed by atoms with van der Waals surface area (Å²) in [6, 6.07) is 42.2. The van der Waals surface area contributed by atoms with E-state index >= 15 is 0 Å². The minimum absolute atomic E-state index is 0.305. The summed E-state index contributed by atoms with van der Waals surface area (Å²) >= 11 is 0. The van der Waals surface area contributed by atoms with Crippen molar-refractivity contribution in [3.8, 4) is 45.0 Å². The highest BCUT2D eigenvalue weighted by molar-refractivity contribution is 6.12. The van der Waals surface area contributed by atoms with E-state index in [1.807, 2.05) is 75.2 Å². The van der Waals surface area contributed by atoms with Gasteiger partial charge in [0.1, 0.15) is 28.2 Å². The molecule has 16 aromatic rings. The monoisotopic (exact) mass is 1470 g/mol. The molecule has 0 aliphatic carbocycles. The van der Waals surface area contributed by atoms with Crippen molar-refractivity contribution in [3.05, 3.63) is 236 Å². The molecular weight excluding hydrogens is 1350 g/mol. The van der Waals surface area contributed by atoms with Gasteiger partial charge in [-0.15, -0.1) is 0 Å². The molecule has 0 radical (unpaired) electrons. The summed E-state index contributed by atoms with van der Waals surface area (Å²) in [6.07, 6.45) is 9.75. The zero-order valence-electron chi connectivity index (χ0n) is 76.8. The van der Waals surface area contributed by atoms with E-state index in [0.717, 1.165) is 168 Å². The first-order chi connectivity index (χ1) is 55.5. The zero-order valence-corrected chi connectivity index (χ0v) is 68.8. The van der Waals surface area contributed by atoms with E-state index in [1.54, 1.807) is 12.4 Å². The highest BCUT2D eigenvalue weighted by Gasteiger charge is 2.29. The summed E-state index contributed by atoms with van der Waals surface area (Å²) in [5.41, 5.74) is 31.0.